The lowest BCUT2D eigenvalue weighted by molar-refractivity contribution is -0.172. The first-order chi connectivity index (χ1) is 16.6. The topological polar surface area (TPSA) is 87.1 Å². The number of carbonyl (C=O) groups is 2. The summed E-state index contributed by atoms with van der Waals surface area (Å²) in [6.07, 6.45) is 2.29. The van der Waals surface area contributed by atoms with E-state index in [-0.39, 0.29) is 23.2 Å². The molecule has 210 valence electrons. The molecule has 2 N–H and O–H groups in total. The van der Waals surface area contributed by atoms with Crippen LogP contribution in [0.15, 0.2) is 12.1 Å². The lowest BCUT2D eigenvalue weighted by Crippen LogP contribution is -2.61. The number of likely N-dealkylation sites (tertiary alicyclic amines) is 1. The third-order valence-corrected chi connectivity index (χ3v) is 8.38. The highest BCUT2D eigenvalue weighted by Gasteiger charge is 2.52. The van der Waals surface area contributed by atoms with E-state index < -0.39 is 34.3 Å². The number of phenolic OH excluding ortho intramolecular Hbond substituents is 1. The van der Waals surface area contributed by atoms with Gasteiger partial charge in [0, 0.05) is 23.9 Å². The number of hydrogen-bond donors (Lipinski definition) is 2. The Hall–Kier alpha value is -2.08. The summed E-state index contributed by atoms with van der Waals surface area (Å²) in [5.74, 6) is -1.76. The summed E-state index contributed by atoms with van der Waals surface area (Å²) in [7, 11) is 2.08. The summed E-state index contributed by atoms with van der Waals surface area (Å²) >= 11 is 0. The molecule has 37 heavy (non-hydrogen) atoms. The number of aliphatic carboxylic acids is 1. The second kappa shape index (κ2) is 10.2. The zero-order chi connectivity index (χ0) is 28.8. The molecule has 1 aromatic carbocycles. The molecule has 1 atom stereocenters. The van der Waals surface area contributed by atoms with Crippen molar-refractivity contribution in [3.63, 3.8) is 0 Å². The average Bonchev–Trinajstić information content (AvgIpc) is 2.70. The number of esters is 1. The normalized spacial score (nSPS) is 20.3. The van der Waals surface area contributed by atoms with Crippen molar-refractivity contribution in [2.24, 2.45) is 0 Å². The summed E-state index contributed by atoms with van der Waals surface area (Å²) in [6.45, 7) is 22.4. The van der Waals surface area contributed by atoms with Crippen LogP contribution in [0.25, 0.3) is 0 Å². The van der Waals surface area contributed by atoms with Crippen molar-refractivity contribution >= 4 is 11.9 Å². The lowest BCUT2D eigenvalue weighted by Gasteiger charge is -2.53. The SMILES string of the molecule is CCCCC(C(=O)O)(C(=O)OC1CC(C)(C)N(C)C(C)(C)C1)c1cc(C(C)(C)C)c(O)c(C(C)(C)C)c1. The quantitative estimate of drug-likeness (QED) is 0.309. The van der Waals surface area contributed by atoms with E-state index in [0.717, 1.165) is 6.42 Å². The number of unbranched alkanes of at least 4 members (excludes halogenated alkanes) is 1. The van der Waals surface area contributed by atoms with Crippen molar-refractivity contribution < 1.29 is 24.5 Å². The van der Waals surface area contributed by atoms with Crippen LogP contribution >= 0.6 is 0 Å². The maximum atomic E-state index is 14.1. The number of ether oxygens (including phenoxy) is 1. The van der Waals surface area contributed by atoms with Gasteiger partial charge in [-0.3, -0.25) is 14.5 Å². The van der Waals surface area contributed by atoms with Gasteiger partial charge in [0.05, 0.1) is 0 Å². The second-order valence-corrected chi connectivity index (χ2v) is 14.4. The number of nitrogens with zero attached hydrogens (tertiary/aromatic N) is 1. The molecule has 6 heteroatoms. The molecular weight excluding hydrogens is 466 g/mol. The molecule has 0 amide bonds. The van der Waals surface area contributed by atoms with Gasteiger partial charge in [-0.05, 0) is 80.8 Å². The third-order valence-electron chi connectivity index (χ3n) is 8.38. The minimum atomic E-state index is -1.86. The molecule has 2 rings (SSSR count). The molecule has 0 aliphatic carbocycles. The van der Waals surface area contributed by atoms with Crippen molar-refractivity contribution in [3.8, 4) is 5.75 Å². The number of benzene rings is 1. The summed E-state index contributed by atoms with van der Waals surface area (Å²) in [5, 5.41) is 22.0. The lowest BCUT2D eigenvalue weighted by atomic mass is 9.70. The van der Waals surface area contributed by atoms with Crippen LogP contribution in [-0.2, 0) is 30.6 Å². The van der Waals surface area contributed by atoms with E-state index in [4.69, 9.17) is 4.74 Å². The molecule has 0 aromatic heterocycles. The molecule has 1 unspecified atom stereocenters. The Morgan fingerprint density at radius 3 is 1.76 bits per heavy atom. The van der Waals surface area contributed by atoms with Crippen molar-refractivity contribution in [1.29, 1.82) is 0 Å². The highest BCUT2D eigenvalue weighted by Crippen LogP contribution is 2.45. The molecule has 1 aliphatic heterocycles. The van der Waals surface area contributed by atoms with Gasteiger partial charge in [-0.2, -0.15) is 0 Å². The number of carbonyl (C=O) groups excluding carboxylic acids is 1. The Morgan fingerprint density at radius 1 is 0.973 bits per heavy atom. The molecular formula is C31H51NO5. The van der Waals surface area contributed by atoms with Gasteiger partial charge in [-0.25, -0.2) is 0 Å². The number of aromatic hydroxyl groups is 1. The summed E-state index contributed by atoms with van der Waals surface area (Å²) in [4.78, 5) is 29.6. The fourth-order valence-electron chi connectivity index (χ4n) is 5.76. The zero-order valence-corrected chi connectivity index (χ0v) is 25.3. The number of phenols is 1. The van der Waals surface area contributed by atoms with Crippen LogP contribution in [0.3, 0.4) is 0 Å². The monoisotopic (exact) mass is 517 g/mol. The van der Waals surface area contributed by atoms with Crippen LogP contribution in [0.2, 0.25) is 0 Å². The van der Waals surface area contributed by atoms with Crippen molar-refractivity contribution in [3.05, 3.63) is 28.8 Å². The van der Waals surface area contributed by atoms with E-state index in [1.807, 2.05) is 48.5 Å². The van der Waals surface area contributed by atoms with Gasteiger partial charge < -0.3 is 14.9 Å². The van der Waals surface area contributed by atoms with Crippen LogP contribution in [0.5, 0.6) is 5.75 Å². The van der Waals surface area contributed by atoms with Crippen molar-refractivity contribution in [1.82, 2.24) is 4.90 Å². The van der Waals surface area contributed by atoms with Crippen molar-refractivity contribution in [2.75, 3.05) is 7.05 Å². The largest absolute Gasteiger partial charge is 0.507 e. The molecule has 0 radical (unpaired) electrons. The van der Waals surface area contributed by atoms with Crippen LogP contribution in [0.4, 0.5) is 0 Å². The Bertz CT molecular complexity index is 958. The maximum absolute atomic E-state index is 14.1. The fraction of sp³-hybridized carbons (Fsp3) is 0.742. The molecule has 0 saturated carbocycles. The summed E-state index contributed by atoms with van der Waals surface area (Å²) in [5.41, 5.74) is -1.54. The Labute approximate surface area is 224 Å². The number of carboxylic acids is 1. The molecule has 1 aromatic rings. The van der Waals surface area contributed by atoms with Gasteiger partial charge in [0.25, 0.3) is 0 Å². The molecule has 0 bridgehead atoms. The molecule has 1 heterocycles. The van der Waals surface area contributed by atoms with E-state index in [9.17, 15) is 19.8 Å². The molecule has 6 nitrogen and oxygen atoms in total. The number of carboxylic acid groups (broad SMARTS) is 1. The summed E-state index contributed by atoms with van der Waals surface area (Å²) < 4.78 is 6.16. The number of hydrogen-bond acceptors (Lipinski definition) is 5. The highest BCUT2D eigenvalue weighted by molar-refractivity contribution is 6.05. The maximum Gasteiger partial charge on any atom is 0.328 e. The minimum Gasteiger partial charge on any atom is -0.507 e. The number of rotatable bonds is 7. The van der Waals surface area contributed by atoms with Gasteiger partial charge in [0.2, 0.25) is 0 Å². The Balaban J connectivity index is 2.74. The summed E-state index contributed by atoms with van der Waals surface area (Å²) in [6, 6.07) is 3.44. The van der Waals surface area contributed by atoms with Gasteiger partial charge in [0.1, 0.15) is 11.9 Å². The van der Waals surface area contributed by atoms with Gasteiger partial charge in [0.15, 0.2) is 5.41 Å². The van der Waals surface area contributed by atoms with Crippen LogP contribution in [-0.4, -0.2) is 51.3 Å². The predicted octanol–water partition coefficient (Wildman–Crippen LogP) is 6.69. The van der Waals surface area contributed by atoms with Crippen LogP contribution in [0.1, 0.15) is 125 Å². The Morgan fingerprint density at radius 2 is 1.41 bits per heavy atom. The van der Waals surface area contributed by atoms with E-state index in [1.165, 1.54) is 0 Å². The predicted molar refractivity (Wildman–Crippen MR) is 149 cm³/mol. The second-order valence-electron chi connectivity index (χ2n) is 14.4. The van der Waals surface area contributed by atoms with E-state index >= 15 is 0 Å². The van der Waals surface area contributed by atoms with Crippen LogP contribution < -0.4 is 0 Å². The molecule has 1 aliphatic rings. The van der Waals surface area contributed by atoms with E-state index in [2.05, 4.69) is 39.6 Å². The number of piperidine rings is 1. The van der Waals surface area contributed by atoms with Gasteiger partial charge in [-0.15, -0.1) is 0 Å². The molecule has 0 spiro atoms. The minimum absolute atomic E-state index is 0.134. The molecule has 1 fully saturated rings. The first-order valence-electron chi connectivity index (χ1n) is 13.7. The third kappa shape index (κ3) is 6.16. The fourth-order valence-corrected chi connectivity index (χ4v) is 5.76. The first kappa shape index (κ1) is 31.1. The van der Waals surface area contributed by atoms with Crippen molar-refractivity contribution in [2.45, 2.75) is 142 Å². The smallest absolute Gasteiger partial charge is 0.328 e. The van der Waals surface area contributed by atoms with E-state index in [0.29, 0.717) is 36.0 Å². The highest BCUT2D eigenvalue weighted by atomic mass is 16.5. The first-order valence-corrected chi connectivity index (χ1v) is 13.7. The van der Waals surface area contributed by atoms with Crippen LogP contribution in [0, 0.1) is 0 Å². The Kier molecular flexibility index (Phi) is 8.62. The molecule has 1 saturated heterocycles. The average molecular weight is 518 g/mol. The van der Waals surface area contributed by atoms with Gasteiger partial charge in [-0.1, -0.05) is 61.3 Å². The van der Waals surface area contributed by atoms with E-state index in [1.54, 1.807) is 12.1 Å². The standard InChI is InChI=1S/C31H51NO5/c1-13-14-15-31(25(34)35,26(36)37-21-18-29(8,9)32(12)30(10,11)19-21)20-16-22(27(2,3)4)24(33)23(17-20)28(5,6)7/h16-17,21,33H,13-15,18-19H2,1-12H3,(H,34,35). The zero-order valence-electron chi connectivity index (χ0n) is 25.3. The van der Waals surface area contributed by atoms with Gasteiger partial charge >= 0.3 is 11.9 Å².